The van der Waals surface area contributed by atoms with E-state index in [1.54, 1.807) is 0 Å². The summed E-state index contributed by atoms with van der Waals surface area (Å²) in [5.41, 5.74) is 2.53. The fraction of sp³-hybridized carbons (Fsp3) is 0.0909. The van der Waals surface area contributed by atoms with Crippen LogP contribution in [0.3, 0.4) is 0 Å². The summed E-state index contributed by atoms with van der Waals surface area (Å²) in [6, 6.07) is 17.1. The Labute approximate surface area is 147 Å². The van der Waals surface area contributed by atoms with E-state index in [4.69, 9.17) is 4.65 Å². The number of hydrogen-bond acceptors (Lipinski definition) is 2. The molecule has 0 saturated heterocycles. The molecular weight excluding hydrogens is 307 g/mol. The Morgan fingerprint density at radius 3 is 2.08 bits per heavy atom. The van der Waals surface area contributed by atoms with Gasteiger partial charge in [-0.15, -0.1) is 0 Å². The van der Waals surface area contributed by atoms with Crippen molar-refractivity contribution in [1.29, 1.82) is 0 Å². The van der Waals surface area contributed by atoms with E-state index in [0.717, 1.165) is 13.4 Å². The van der Waals surface area contributed by atoms with Crippen LogP contribution >= 0.6 is 0 Å². The molecular formula is C22H16BO2. The second kappa shape index (κ2) is 5.64. The molecule has 2 aliphatic carbocycles. The van der Waals surface area contributed by atoms with Crippen LogP contribution in [0.5, 0.6) is 0 Å². The summed E-state index contributed by atoms with van der Waals surface area (Å²) in [6.45, 7) is 0. The lowest BCUT2D eigenvalue weighted by atomic mass is 9.72. The van der Waals surface area contributed by atoms with Crippen LogP contribution in [0, 0.1) is 5.92 Å². The molecule has 2 aliphatic rings. The minimum atomic E-state index is 0.102. The van der Waals surface area contributed by atoms with Crippen LogP contribution in [0.2, 0.25) is 0 Å². The molecule has 0 aromatic heterocycles. The van der Waals surface area contributed by atoms with Crippen molar-refractivity contribution in [2.45, 2.75) is 5.92 Å². The molecule has 3 aromatic carbocycles. The molecule has 2 unspecified atom stereocenters. The molecule has 0 amide bonds. The molecule has 5 rings (SSSR count). The van der Waals surface area contributed by atoms with E-state index >= 15 is 0 Å². The Morgan fingerprint density at radius 1 is 0.760 bits per heavy atom. The van der Waals surface area contributed by atoms with Crippen molar-refractivity contribution in [3.63, 3.8) is 0 Å². The third-order valence-electron chi connectivity index (χ3n) is 5.29. The first-order valence-electron chi connectivity index (χ1n) is 8.51. The normalized spacial score (nSPS) is 20.9. The lowest BCUT2D eigenvalue weighted by molar-refractivity contribution is 0.327. The van der Waals surface area contributed by atoms with Crippen molar-refractivity contribution in [2.75, 3.05) is 0 Å². The van der Waals surface area contributed by atoms with Crippen LogP contribution in [-0.4, -0.2) is 12.7 Å². The largest absolute Gasteiger partial charge is 0.569 e. The van der Waals surface area contributed by atoms with Crippen LogP contribution in [0.1, 0.15) is 17.0 Å². The quantitative estimate of drug-likeness (QED) is 0.546. The van der Waals surface area contributed by atoms with Crippen LogP contribution < -0.4 is 0 Å². The van der Waals surface area contributed by atoms with E-state index in [9.17, 15) is 5.02 Å². The highest BCUT2D eigenvalue weighted by molar-refractivity contribution is 6.17. The lowest BCUT2D eigenvalue weighted by Gasteiger charge is -2.33. The molecule has 0 heterocycles. The monoisotopic (exact) mass is 323 g/mol. The van der Waals surface area contributed by atoms with E-state index < -0.39 is 0 Å². The Kier molecular flexibility index (Phi) is 3.29. The van der Waals surface area contributed by atoms with Gasteiger partial charge in [0, 0.05) is 11.8 Å². The first-order valence-corrected chi connectivity index (χ1v) is 8.51. The average Bonchev–Trinajstić information content (AvgIpc) is 2.68. The van der Waals surface area contributed by atoms with Crippen molar-refractivity contribution in [3.8, 4) is 0 Å². The van der Waals surface area contributed by atoms with Gasteiger partial charge in [0.1, 0.15) is 0 Å². The first-order chi connectivity index (χ1) is 12.4. The third-order valence-corrected chi connectivity index (χ3v) is 5.29. The maximum atomic E-state index is 9.21. The predicted octanol–water partition coefficient (Wildman–Crippen LogP) is 4.72. The maximum Gasteiger partial charge on any atom is 0.569 e. The summed E-state index contributed by atoms with van der Waals surface area (Å²) in [6.07, 6.45) is 10.6. The number of fused-ring (bicyclic) bond motifs is 8. The minimum Gasteiger partial charge on any atom is -0.540 e. The lowest BCUT2D eigenvalue weighted by Crippen LogP contribution is -2.21. The highest BCUT2D eigenvalue weighted by Crippen LogP contribution is 2.47. The molecule has 1 radical (unpaired) electrons. The molecule has 2 atom stereocenters. The van der Waals surface area contributed by atoms with Crippen LogP contribution in [-0.2, 0) is 4.65 Å². The van der Waals surface area contributed by atoms with Gasteiger partial charge in [0.15, 0.2) is 0 Å². The summed E-state index contributed by atoms with van der Waals surface area (Å²) >= 11 is 0. The van der Waals surface area contributed by atoms with Gasteiger partial charge in [-0.05, 0) is 38.7 Å². The van der Waals surface area contributed by atoms with E-state index in [2.05, 4.69) is 72.8 Å². The van der Waals surface area contributed by atoms with Gasteiger partial charge in [-0.2, -0.15) is 0 Å². The van der Waals surface area contributed by atoms with E-state index in [-0.39, 0.29) is 11.8 Å². The molecule has 25 heavy (non-hydrogen) atoms. The van der Waals surface area contributed by atoms with E-state index in [1.807, 2.05) is 6.08 Å². The highest BCUT2D eigenvalue weighted by Gasteiger charge is 2.33. The smallest absolute Gasteiger partial charge is 0.540 e. The number of benzene rings is 3. The number of rotatable bonds is 2. The molecule has 0 saturated carbocycles. The number of hydrogen-bond donors (Lipinski definition) is 1. The van der Waals surface area contributed by atoms with Crippen LogP contribution in [0.4, 0.5) is 0 Å². The van der Waals surface area contributed by atoms with Gasteiger partial charge in [0.25, 0.3) is 0 Å². The fourth-order valence-electron chi connectivity index (χ4n) is 4.28. The van der Waals surface area contributed by atoms with Gasteiger partial charge in [0.05, 0.1) is 5.76 Å². The van der Waals surface area contributed by atoms with Gasteiger partial charge < -0.3 is 9.68 Å². The zero-order valence-electron chi connectivity index (χ0n) is 13.6. The Morgan fingerprint density at radius 2 is 1.36 bits per heavy atom. The van der Waals surface area contributed by atoms with Gasteiger partial charge in [-0.1, -0.05) is 72.8 Å². The fourth-order valence-corrected chi connectivity index (χ4v) is 4.28. The summed E-state index contributed by atoms with van der Waals surface area (Å²) in [4.78, 5) is 0. The molecule has 1 N–H and O–H groups in total. The van der Waals surface area contributed by atoms with Crippen molar-refractivity contribution in [2.24, 2.45) is 5.92 Å². The van der Waals surface area contributed by atoms with Crippen molar-refractivity contribution >= 4 is 35.3 Å². The van der Waals surface area contributed by atoms with Crippen molar-refractivity contribution in [1.82, 2.24) is 0 Å². The standard InChI is InChI=1S/C22H16BO2/c24-23-25-21-13-20-16-9-2-1-7-14(16)15-8-3-5-11-18(15)22(20)19-12-6-4-10-17(19)21/h1-13,17,19,24H. The van der Waals surface area contributed by atoms with Crippen molar-refractivity contribution in [3.05, 3.63) is 89.7 Å². The van der Waals surface area contributed by atoms with E-state index in [1.165, 1.54) is 32.7 Å². The molecule has 0 aliphatic heterocycles. The molecule has 3 aromatic rings. The highest BCUT2D eigenvalue weighted by atomic mass is 16.5. The summed E-state index contributed by atoms with van der Waals surface area (Å²) in [5.74, 6) is 1.08. The second-order valence-electron chi connectivity index (χ2n) is 6.51. The topological polar surface area (TPSA) is 29.5 Å². The molecule has 0 fully saturated rings. The molecule has 3 heteroatoms. The zero-order chi connectivity index (χ0) is 16.8. The van der Waals surface area contributed by atoms with Crippen LogP contribution in [0.15, 0.2) is 78.6 Å². The summed E-state index contributed by atoms with van der Waals surface area (Å²) < 4.78 is 5.48. The SMILES string of the molecule is O[B]OC1=Cc2c(c3ccccc3c3ccccc23)C2C=CC=CC12. The van der Waals surface area contributed by atoms with Crippen LogP contribution in [0.25, 0.3) is 27.6 Å². The van der Waals surface area contributed by atoms with Gasteiger partial charge >= 0.3 is 7.69 Å². The van der Waals surface area contributed by atoms with Crippen molar-refractivity contribution < 1.29 is 9.68 Å². The Balaban J connectivity index is 1.95. The summed E-state index contributed by atoms with van der Waals surface area (Å²) in [5, 5.41) is 14.2. The molecule has 119 valence electrons. The van der Waals surface area contributed by atoms with Gasteiger partial charge in [-0.25, -0.2) is 0 Å². The predicted molar refractivity (Wildman–Crippen MR) is 103 cm³/mol. The molecule has 0 bridgehead atoms. The Hall–Kier alpha value is -2.78. The maximum absolute atomic E-state index is 9.21. The van der Waals surface area contributed by atoms with Gasteiger partial charge in [-0.3, -0.25) is 0 Å². The first kappa shape index (κ1) is 14.6. The minimum absolute atomic E-state index is 0.102. The molecule has 2 nitrogen and oxygen atoms in total. The third kappa shape index (κ3) is 2.09. The second-order valence-corrected chi connectivity index (χ2v) is 6.51. The summed E-state index contributed by atoms with van der Waals surface area (Å²) in [7, 11) is 0.781. The molecule has 0 spiro atoms. The average molecular weight is 323 g/mol. The zero-order valence-corrected chi connectivity index (χ0v) is 13.6. The van der Waals surface area contributed by atoms with E-state index in [0.29, 0.717) is 0 Å². The van der Waals surface area contributed by atoms with Gasteiger partial charge in [0.2, 0.25) is 0 Å². The Bertz CT molecular complexity index is 1080. The number of allylic oxidation sites excluding steroid dienone is 4.